The van der Waals surface area contributed by atoms with E-state index in [9.17, 15) is 4.79 Å². The summed E-state index contributed by atoms with van der Waals surface area (Å²) in [5, 5.41) is 0. The zero-order valence-corrected chi connectivity index (χ0v) is 17.4. The van der Waals surface area contributed by atoms with Gasteiger partial charge in [0.15, 0.2) is 0 Å². The van der Waals surface area contributed by atoms with Crippen LogP contribution in [0.25, 0.3) is 0 Å². The average molecular weight is 373 g/mol. The van der Waals surface area contributed by atoms with Crippen LogP contribution >= 0.6 is 0 Å². The maximum absolute atomic E-state index is 11.1. The van der Waals surface area contributed by atoms with E-state index in [1.165, 1.54) is 31.8 Å². The van der Waals surface area contributed by atoms with Crippen molar-refractivity contribution in [2.75, 3.05) is 26.4 Å². The number of esters is 1. The molecule has 0 rings (SSSR count). The molecule has 0 amide bonds. The van der Waals surface area contributed by atoms with Crippen LogP contribution in [0.3, 0.4) is 0 Å². The highest BCUT2D eigenvalue weighted by Crippen LogP contribution is 2.24. The highest BCUT2D eigenvalue weighted by Gasteiger charge is 2.31. The zero-order valence-electron chi connectivity index (χ0n) is 17.4. The van der Waals surface area contributed by atoms with Gasteiger partial charge < -0.3 is 18.9 Å². The SMILES string of the molecule is CCOC(=O)C=CCCCCCCCCCC(OCC)(OCC)OCC. The Labute approximate surface area is 160 Å². The summed E-state index contributed by atoms with van der Waals surface area (Å²) in [6.07, 6.45) is 13.4. The number of unbranched alkanes of at least 4 members (excludes halogenated alkanes) is 7. The minimum atomic E-state index is -0.858. The molecule has 26 heavy (non-hydrogen) atoms. The van der Waals surface area contributed by atoms with E-state index in [2.05, 4.69) is 0 Å². The molecule has 0 N–H and O–H groups in total. The van der Waals surface area contributed by atoms with Crippen molar-refractivity contribution in [1.82, 2.24) is 0 Å². The summed E-state index contributed by atoms with van der Waals surface area (Å²) in [6, 6.07) is 0. The Hall–Kier alpha value is -0.910. The summed E-state index contributed by atoms with van der Waals surface area (Å²) in [4.78, 5) is 11.1. The van der Waals surface area contributed by atoms with Crippen LogP contribution < -0.4 is 0 Å². The van der Waals surface area contributed by atoms with E-state index in [4.69, 9.17) is 18.9 Å². The zero-order chi connectivity index (χ0) is 19.5. The lowest BCUT2D eigenvalue weighted by Crippen LogP contribution is -2.39. The fourth-order valence-electron chi connectivity index (χ4n) is 2.86. The van der Waals surface area contributed by atoms with E-state index in [1.807, 2.05) is 33.8 Å². The number of carbonyl (C=O) groups excluding carboxylic acids is 1. The van der Waals surface area contributed by atoms with E-state index < -0.39 is 5.97 Å². The minimum absolute atomic E-state index is 0.241. The number of hydrogen-bond acceptors (Lipinski definition) is 5. The number of hydrogen-bond donors (Lipinski definition) is 0. The summed E-state index contributed by atoms with van der Waals surface area (Å²) in [5.41, 5.74) is 0. The van der Waals surface area contributed by atoms with Gasteiger partial charge >= 0.3 is 5.97 Å². The maximum Gasteiger partial charge on any atom is 0.330 e. The fourth-order valence-corrected chi connectivity index (χ4v) is 2.86. The Morgan fingerprint density at radius 3 is 1.73 bits per heavy atom. The molecule has 0 aliphatic rings. The first kappa shape index (κ1) is 25.1. The van der Waals surface area contributed by atoms with Crippen LogP contribution in [0.5, 0.6) is 0 Å². The molecule has 5 nitrogen and oxygen atoms in total. The van der Waals surface area contributed by atoms with Gasteiger partial charge in [-0.15, -0.1) is 0 Å². The van der Waals surface area contributed by atoms with E-state index in [1.54, 1.807) is 0 Å². The number of allylic oxidation sites excluding steroid dienone is 1. The topological polar surface area (TPSA) is 54.0 Å². The van der Waals surface area contributed by atoms with Gasteiger partial charge in [0.1, 0.15) is 0 Å². The molecule has 0 aromatic carbocycles. The second kappa shape index (κ2) is 17.5. The van der Waals surface area contributed by atoms with Crippen LogP contribution in [0, 0.1) is 0 Å². The van der Waals surface area contributed by atoms with Crippen LogP contribution in [0.15, 0.2) is 12.2 Å². The molecule has 0 fully saturated rings. The molecular weight excluding hydrogens is 332 g/mol. The normalized spacial score (nSPS) is 12.0. The monoisotopic (exact) mass is 372 g/mol. The van der Waals surface area contributed by atoms with Crippen molar-refractivity contribution in [2.45, 2.75) is 91.5 Å². The lowest BCUT2D eigenvalue weighted by Gasteiger charge is -2.32. The molecule has 0 radical (unpaired) electrons. The van der Waals surface area contributed by atoms with E-state index >= 15 is 0 Å². The van der Waals surface area contributed by atoms with Gasteiger partial charge in [-0.2, -0.15) is 0 Å². The molecule has 0 atom stereocenters. The molecule has 154 valence electrons. The van der Waals surface area contributed by atoms with Crippen LogP contribution in [0.4, 0.5) is 0 Å². The van der Waals surface area contributed by atoms with Crippen molar-refractivity contribution in [3.8, 4) is 0 Å². The van der Waals surface area contributed by atoms with Gasteiger partial charge in [-0.3, -0.25) is 0 Å². The maximum atomic E-state index is 11.1. The Kier molecular flexibility index (Phi) is 16.9. The van der Waals surface area contributed by atoms with Crippen LogP contribution in [-0.4, -0.2) is 38.4 Å². The molecule has 0 aliphatic heterocycles. The summed E-state index contributed by atoms with van der Waals surface area (Å²) in [7, 11) is 0. The predicted molar refractivity (Wildman–Crippen MR) is 105 cm³/mol. The standard InChI is InChI=1S/C21H40O5/c1-5-23-20(22)18-16-14-12-10-9-11-13-15-17-19-21(24-6-2,25-7-3)26-8-4/h16,18H,5-15,17,19H2,1-4H3. The minimum Gasteiger partial charge on any atom is -0.463 e. The molecule has 5 heteroatoms. The Morgan fingerprint density at radius 2 is 1.23 bits per heavy atom. The Morgan fingerprint density at radius 1 is 0.731 bits per heavy atom. The van der Waals surface area contributed by atoms with Gasteiger partial charge in [0.05, 0.1) is 6.61 Å². The average Bonchev–Trinajstić information content (AvgIpc) is 2.60. The van der Waals surface area contributed by atoms with Crippen molar-refractivity contribution < 1.29 is 23.7 Å². The molecule has 0 saturated carbocycles. The first-order valence-corrected chi connectivity index (χ1v) is 10.4. The number of rotatable bonds is 18. The quantitative estimate of drug-likeness (QED) is 0.140. The van der Waals surface area contributed by atoms with E-state index in [-0.39, 0.29) is 5.97 Å². The summed E-state index contributed by atoms with van der Waals surface area (Å²) < 4.78 is 22.1. The van der Waals surface area contributed by atoms with Crippen LogP contribution in [0.2, 0.25) is 0 Å². The van der Waals surface area contributed by atoms with Crippen molar-refractivity contribution in [1.29, 1.82) is 0 Å². The largest absolute Gasteiger partial charge is 0.463 e. The Bertz CT molecular complexity index is 337. The number of ether oxygens (including phenoxy) is 4. The highest BCUT2D eigenvalue weighted by atomic mass is 16.9. The molecule has 0 heterocycles. The van der Waals surface area contributed by atoms with Gasteiger partial charge in [-0.05, 0) is 47.0 Å². The summed E-state index contributed by atoms with van der Waals surface area (Å²) >= 11 is 0. The van der Waals surface area contributed by atoms with Gasteiger partial charge in [0.25, 0.3) is 5.97 Å². The third kappa shape index (κ3) is 13.3. The summed E-state index contributed by atoms with van der Waals surface area (Å²) in [6.45, 7) is 9.91. The molecule has 0 unspecified atom stereocenters. The molecule has 0 bridgehead atoms. The smallest absolute Gasteiger partial charge is 0.330 e. The Balaban J connectivity index is 3.71. The fraction of sp³-hybridized carbons (Fsp3) is 0.857. The van der Waals surface area contributed by atoms with E-state index in [0.717, 1.165) is 32.1 Å². The lowest BCUT2D eigenvalue weighted by molar-refractivity contribution is -0.380. The lowest BCUT2D eigenvalue weighted by atomic mass is 10.1. The van der Waals surface area contributed by atoms with Gasteiger partial charge in [-0.1, -0.05) is 38.2 Å². The first-order chi connectivity index (χ1) is 12.6. The third-order valence-electron chi connectivity index (χ3n) is 3.99. The van der Waals surface area contributed by atoms with E-state index in [0.29, 0.717) is 26.4 Å². The summed E-state index contributed by atoms with van der Waals surface area (Å²) in [5.74, 6) is -1.10. The predicted octanol–water partition coefficient (Wildman–Crippen LogP) is 5.38. The molecule has 0 saturated heterocycles. The van der Waals surface area contributed by atoms with Crippen LogP contribution in [0.1, 0.15) is 85.5 Å². The van der Waals surface area contributed by atoms with Crippen molar-refractivity contribution in [2.24, 2.45) is 0 Å². The number of carbonyl (C=O) groups is 1. The van der Waals surface area contributed by atoms with Crippen molar-refractivity contribution in [3.05, 3.63) is 12.2 Å². The second-order valence-electron chi connectivity index (χ2n) is 6.15. The molecular formula is C21H40O5. The highest BCUT2D eigenvalue weighted by molar-refractivity contribution is 5.81. The molecule has 0 aliphatic carbocycles. The van der Waals surface area contributed by atoms with Crippen molar-refractivity contribution >= 4 is 5.97 Å². The first-order valence-electron chi connectivity index (χ1n) is 10.4. The molecule has 0 aromatic heterocycles. The van der Waals surface area contributed by atoms with Crippen LogP contribution in [-0.2, 0) is 23.7 Å². The molecule has 0 spiro atoms. The van der Waals surface area contributed by atoms with Gasteiger partial charge in [0, 0.05) is 32.3 Å². The second-order valence-corrected chi connectivity index (χ2v) is 6.15. The molecule has 0 aromatic rings. The van der Waals surface area contributed by atoms with Gasteiger partial charge in [0.2, 0.25) is 0 Å². The third-order valence-corrected chi connectivity index (χ3v) is 3.99. The van der Waals surface area contributed by atoms with Crippen molar-refractivity contribution in [3.63, 3.8) is 0 Å². The van der Waals surface area contributed by atoms with Gasteiger partial charge in [-0.25, -0.2) is 4.79 Å².